The molecule has 0 saturated carbocycles. The Balaban J connectivity index is 1.65. The summed E-state index contributed by atoms with van der Waals surface area (Å²) in [4.78, 5) is 13.9. The Morgan fingerprint density at radius 2 is 1.96 bits per heavy atom. The Kier molecular flexibility index (Phi) is 5.97. The van der Waals surface area contributed by atoms with Crippen LogP contribution >= 0.6 is 23.2 Å². The predicted molar refractivity (Wildman–Crippen MR) is 100 cm³/mol. The van der Waals surface area contributed by atoms with Gasteiger partial charge in [0.25, 0.3) is 5.91 Å². The van der Waals surface area contributed by atoms with Gasteiger partial charge in [0.05, 0.1) is 22.8 Å². The van der Waals surface area contributed by atoms with Gasteiger partial charge in [-0.3, -0.25) is 9.69 Å². The smallest absolute Gasteiger partial charge is 0.251 e. The minimum atomic E-state index is -0.0717. The standard InChI is InChI=1S/C19H20Cl2N2O2/c1-22-19(24)14-4-2-13(3-5-14)11-23-8-9-25-18(12-23)15-6-7-16(20)17(21)10-15/h2-7,10,18H,8-9,11-12H2,1H3,(H,22,24). The van der Waals surface area contributed by atoms with Crippen molar-refractivity contribution in [2.45, 2.75) is 12.6 Å². The second kappa shape index (κ2) is 8.19. The van der Waals surface area contributed by atoms with Gasteiger partial charge in [0, 0.05) is 32.2 Å². The molecule has 6 heteroatoms. The first-order valence-electron chi connectivity index (χ1n) is 8.17. The molecule has 0 aromatic heterocycles. The lowest BCUT2D eigenvalue weighted by atomic mass is 10.1. The number of hydrogen-bond donors (Lipinski definition) is 1. The van der Waals surface area contributed by atoms with Gasteiger partial charge in [-0.2, -0.15) is 0 Å². The maximum absolute atomic E-state index is 11.6. The third-order valence-electron chi connectivity index (χ3n) is 4.32. The van der Waals surface area contributed by atoms with Crippen LogP contribution in [0.4, 0.5) is 0 Å². The summed E-state index contributed by atoms with van der Waals surface area (Å²) in [6, 6.07) is 13.3. The van der Waals surface area contributed by atoms with Gasteiger partial charge in [-0.1, -0.05) is 41.4 Å². The lowest BCUT2D eigenvalue weighted by Gasteiger charge is -2.33. The summed E-state index contributed by atoms with van der Waals surface area (Å²) < 4.78 is 5.90. The molecule has 132 valence electrons. The summed E-state index contributed by atoms with van der Waals surface area (Å²) in [7, 11) is 1.63. The van der Waals surface area contributed by atoms with Crippen LogP contribution in [0.1, 0.15) is 27.6 Å². The van der Waals surface area contributed by atoms with Crippen LogP contribution in [0.2, 0.25) is 10.0 Å². The number of benzene rings is 2. The molecule has 1 unspecified atom stereocenters. The normalized spacial score (nSPS) is 18.1. The average Bonchev–Trinajstić information content (AvgIpc) is 2.64. The zero-order valence-electron chi connectivity index (χ0n) is 14.0. The fourth-order valence-corrected chi connectivity index (χ4v) is 3.23. The number of morpholine rings is 1. The first-order chi connectivity index (χ1) is 12.1. The van der Waals surface area contributed by atoms with E-state index in [2.05, 4.69) is 10.2 Å². The zero-order chi connectivity index (χ0) is 17.8. The van der Waals surface area contributed by atoms with E-state index in [-0.39, 0.29) is 12.0 Å². The average molecular weight is 379 g/mol. The van der Waals surface area contributed by atoms with E-state index >= 15 is 0 Å². The number of amides is 1. The highest BCUT2D eigenvalue weighted by atomic mass is 35.5. The number of nitrogens with one attached hydrogen (secondary N) is 1. The van der Waals surface area contributed by atoms with Gasteiger partial charge in [0.2, 0.25) is 0 Å². The van der Waals surface area contributed by atoms with Gasteiger partial charge >= 0.3 is 0 Å². The first kappa shape index (κ1) is 18.2. The van der Waals surface area contributed by atoms with Crippen LogP contribution in [0.5, 0.6) is 0 Å². The van der Waals surface area contributed by atoms with Crippen LogP contribution in [0, 0.1) is 0 Å². The van der Waals surface area contributed by atoms with Gasteiger partial charge in [0.15, 0.2) is 0 Å². The van der Waals surface area contributed by atoms with E-state index in [1.807, 2.05) is 36.4 Å². The number of ether oxygens (including phenoxy) is 1. The predicted octanol–water partition coefficient (Wildman–Crippen LogP) is 3.93. The van der Waals surface area contributed by atoms with E-state index in [0.29, 0.717) is 22.2 Å². The molecule has 0 spiro atoms. The van der Waals surface area contributed by atoms with Crippen molar-refractivity contribution >= 4 is 29.1 Å². The molecule has 4 nitrogen and oxygen atoms in total. The topological polar surface area (TPSA) is 41.6 Å². The summed E-state index contributed by atoms with van der Waals surface area (Å²) in [5.41, 5.74) is 2.87. The third-order valence-corrected chi connectivity index (χ3v) is 5.05. The molecular formula is C19H20Cl2N2O2. The minimum absolute atomic E-state index is 0.0198. The number of carbonyl (C=O) groups excluding carboxylic acids is 1. The molecule has 0 aliphatic carbocycles. The molecule has 2 aromatic rings. The molecule has 1 amide bonds. The van der Waals surface area contributed by atoms with Crippen LogP contribution in [-0.4, -0.2) is 37.6 Å². The Morgan fingerprint density at radius 1 is 1.20 bits per heavy atom. The lowest BCUT2D eigenvalue weighted by molar-refractivity contribution is -0.0329. The van der Waals surface area contributed by atoms with Crippen LogP contribution in [0.3, 0.4) is 0 Å². The maximum Gasteiger partial charge on any atom is 0.251 e. The van der Waals surface area contributed by atoms with Crippen LogP contribution in [-0.2, 0) is 11.3 Å². The maximum atomic E-state index is 11.6. The van der Waals surface area contributed by atoms with E-state index in [1.165, 1.54) is 5.56 Å². The second-order valence-electron chi connectivity index (χ2n) is 6.04. The molecule has 1 fully saturated rings. The molecule has 3 rings (SSSR count). The van der Waals surface area contributed by atoms with Crippen molar-refractivity contribution in [3.63, 3.8) is 0 Å². The van der Waals surface area contributed by atoms with Crippen molar-refractivity contribution in [3.8, 4) is 0 Å². The van der Waals surface area contributed by atoms with E-state index < -0.39 is 0 Å². The van der Waals surface area contributed by atoms with Crippen molar-refractivity contribution < 1.29 is 9.53 Å². The number of rotatable bonds is 4. The van der Waals surface area contributed by atoms with E-state index in [9.17, 15) is 4.79 Å². The Hall–Kier alpha value is -1.59. The fraction of sp³-hybridized carbons (Fsp3) is 0.316. The van der Waals surface area contributed by atoms with E-state index in [4.69, 9.17) is 27.9 Å². The molecule has 1 aliphatic heterocycles. The van der Waals surface area contributed by atoms with Crippen molar-refractivity contribution in [2.24, 2.45) is 0 Å². The second-order valence-corrected chi connectivity index (χ2v) is 6.86. The van der Waals surface area contributed by atoms with Crippen molar-refractivity contribution in [3.05, 3.63) is 69.2 Å². The number of hydrogen-bond acceptors (Lipinski definition) is 3. The number of nitrogens with zero attached hydrogens (tertiary/aromatic N) is 1. The largest absolute Gasteiger partial charge is 0.371 e. The van der Waals surface area contributed by atoms with Crippen molar-refractivity contribution in [1.29, 1.82) is 0 Å². The van der Waals surface area contributed by atoms with Crippen molar-refractivity contribution in [1.82, 2.24) is 10.2 Å². The van der Waals surface area contributed by atoms with E-state index in [0.717, 1.165) is 25.2 Å². The zero-order valence-corrected chi connectivity index (χ0v) is 15.5. The highest BCUT2D eigenvalue weighted by Crippen LogP contribution is 2.29. The summed E-state index contributed by atoms with van der Waals surface area (Å²) in [5.74, 6) is -0.0717. The quantitative estimate of drug-likeness (QED) is 0.876. The van der Waals surface area contributed by atoms with E-state index in [1.54, 1.807) is 13.1 Å². The molecule has 25 heavy (non-hydrogen) atoms. The number of carbonyl (C=O) groups is 1. The highest BCUT2D eigenvalue weighted by molar-refractivity contribution is 6.42. The van der Waals surface area contributed by atoms with Gasteiger partial charge in [-0.05, 0) is 35.4 Å². The van der Waals surface area contributed by atoms with Gasteiger partial charge in [-0.25, -0.2) is 0 Å². The molecule has 1 saturated heterocycles. The third kappa shape index (κ3) is 4.53. The van der Waals surface area contributed by atoms with Crippen LogP contribution in [0.25, 0.3) is 0 Å². The Morgan fingerprint density at radius 3 is 2.64 bits per heavy atom. The monoisotopic (exact) mass is 378 g/mol. The SMILES string of the molecule is CNC(=O)c1ccc(CN2CCOC(c3ccc(Cl)c(Cl)c3)C2)cc1. The van der Waals surface area contributed by atoms with Crippen LogP contribution < -0.4 is 5.32 Å². The molecule has 1 heterocycles. The van der Waals surface area contributed by atoms with Crippen molar-refractivity contribution in [2.75, 3.05) is 26.7 Å². The lowest BCUT2D eigenvalue weighted by Crippen LogP contribution is -2.37. The summed E-state index contributed by atoms with van der Waals surface area (Å²) >= 11 is 12.1. The molecule has 0 bridgehead atoms. The summed E-state index contributed by atoms with van der Waals surface area (Å²) in [6.07, 6.45) is -0.0198. The molecule has 1 N–H and O–H groups in total. The molecule has 1 atom stereocenters. The van der Waals surface area contributed by atoms with Gasteiger partial charge < -0.3 is 10.1 Å². The minimum Gasteiger partial charge on any atom is -0.371 e. The Labute approximate surface area is 157 Å². The number of halogens is 2. The first-order valence-corrected chi connectivity index (χ1v) is 8.92. The molecule has 1 aliphatic rings. The highest BCUT2D eigenvalue weighted by Gasteiger charge is 2.22. The fourth-order valence-electron chi connectivity index (χ4n) is 2.92. The molecule has 2 aromatic carbocycles. The Bertz CT molecular complexity index is 750. The summed E-state index contributed by atoms with van der Waals surface area (Å²) in [6.45, 7) is 3.14. The molecule has 0 radical (unpaired) electrons. The van der Waals surface area contributed by atoms with Gasteiger partial charge in [-0.15, -0.1) is 0 Å². The molecular weight excluding hydrogens is 359 g/mol. The summed E-state index contributed by atoms with van der Waals surface area (Å²) in [5, 5.41) is 3.72. The van der Waals surface area contributed by atoms with Gasteiger partial charge in [0.1, 0.15) is 0 Å². The van der Waals surface area contributed by atoms with Crippen LogP contribution in [0.15, 0.2) is 42.5 Å².